The molecule has 13 heavy (non-hydrogen) atoms. The van der Waals surface area contributed by atoms with E-state index in [1.807, 2.05) is 0 Å². The highest BCUT2D eigenvalue weighted by Crippen LogP contribution is 2.37. The third kappa shape index (κ3) is 5.50. The van der Waals surface area contributed by atoms with Crippen LogP contribution in [0.5, 0.6) is 0 Å². The first-order chi connectivity index (χ1) is 6.34. The molecule has 0 aromatic rings. The monoisotopic (exact) mass is 206 g/mol. The number of halogens is 1. The first-order valence-electron chi connectivity index (χ1n) is 5.05. The summed E-state index contributed by atoms with van der Waals surface area (Å²) in [6.07, 6.45) is 4.84. The van der Waals surface area contributed by atoms with Crippen molar-refractivity contribution in [2.45, 2.75) is 31.1 Å². The molecule has 3 heteroatoms. The van der Waals surface area contributed by atoms with Crippen molar-refractivity contribution in [1.29, 1.82) is 0 Å². The molecule has 1 saturated carbocycles. The molecule has 1 aliphatic rings. The Morgan fingerprint density at radius 3 is 2.69 bits per heavy atom. The van der Waals surface area contributed by atoms with Crippen LogP contribution in [0.15, 0.2) is 0 Å². The van der Waals surface area contributed by atoms with Crippen LogP contribution in [-0.4, -0.2) is 32.3 Å². The van der Waals surface area contributed by atoms with Crippen molar-refractivity contribution < 1.29 is 9.47 Å². The second-order valence-electron chi connectivity index (χ2n) is 3.60. The average molecular weight is 207 g/mol. The van der Waals surface area contributed by atoms with Gasteiger partial charge in [0.1, 0.15) is 0 Å². The minimum Gasteiger partial charge on any atom is -0.382 e. The largest absolute Gasteiger partial charge is 0.382 e. The lowest BCUT2D eigenvalue weighted by molar-refractivity contribution is 0.0686. The second-order valence-corrected chi connectivity index (χ2v) is 4.16. The predicted molar refractivity (Wildman–Crippen MR) is 54.3 cm³/mol. The fraction of sp³-hybridized carbons (Fsp3) is 1.00. The van der Waals surface area contributed by atoms with Crippen LogP contribution in [0.1, 0.15) is 25.7 Å². The molecule has 0 aromatic carbocycles. The summed E-state index contributed by atoms with van der Waals surface area (Å²) in [5.74, 6) is 0.806. The molecule has 0 aromatic heterocycles. The van der Waals surface area contributed by atoms with Gasteiger partial charge in [0.15, 0.2) is 0 Å². The molecule has 0 saturated heterocycles. The molecular weight excluding hydrogens is 188 g/mol. The molecule has 2 nitrogen and oxygen atoms in total. The Hall–Kier alpha value is 0.210. The van der Waals surface area contributed by atoms with Crippen LogP contribution in [0.25, 0.3) is 0 Å². The van der Waals surface area contributed by atoms with E-state index in [-0.39, 0.29) is 0 Å². The Bertz CT molecular complexity index is 126. The molecule has 0 amide bonds. The van der Waals surface area contributed by atoms with Crippen LogP contribution < -0.4 is 0 Å². The third-order valence-corrected chi connectivity index (χ3v) is 2.91. The van der Waals surface area contributed by atoms with E-state index >= 15 is 0 Å². The summed E-state index contributed by atoms with van der Waals surface area (Å²) in [6.45, 7) is 2.21. The van der Waals surface area contributed by atoms with Gasteiger partial charge in [-0.05, 0) is 31.6 Å². The van der Waals surface area contributed by atoms with Crippen molar-refractivity contribution in [3.63, 3.8) is 0 Å². The molecule has 0 N–H and O–H groups in total. The van der Waals surface area contributed by atoms with E-state index in [1.165, 1.54) is 12.8 Å². The average Bonchev–Trinajstić information content (AvgIpc) is 2.93. The van der Waals surface area contributed by atoms with Gasteiger partial charge in [-0.1, -0.05) is 0 Å². The summed E-state index contributed by atoms with van der Waals surface area (Å²) in [6, 6.07) is 0. The lowest BCUT2D eigenvalue weighted by Gasteiger charge is -2.07. The van der Waals surface area contributed by atoms with E-state index in [9.17, 15) is 0 Å². The lowest BCUT2D eigenvalue weighted by atomic mass is 10.2. The maximum atomic E-state index is 6.14. The van der Waals surface area contributed by atoms with Gasteiger partial charge in [0, 0.05) is 19.1 Å². The van der Waals surface area contributed by atoms with Crippen molar-refractivity contribution >= 4 is 11.6 Å². The smallest absolute Gasteiger partial charge is 0.0700 e. The normalized spacial score (nSPS) is 18.9. The summed E-state index contributed by atoms with van der Waals surface area (Å²) in [4.78, 5) is 0. The van der Waals surface area contributed by atoms with Crippen molar-refractivity contribution in [1.82, 2.24) is 0 Å². The zero-order valence-corrected chi connectivity index (χ0v) is 9.05. The summed E-state index contributed by atoms with van der Waals surface area (Å²) >= 11 is 6.14. The molecule has 0 heterocycles. The fourth-order valence-electron chi connectivity index (χ4n) is 1.32. The third-order valence-electron chi connectivity index (χ3n) is 2.33. The van der Waals surface area contributed by atoms with Gasteiger partial charge in [-0.3, -0.25) is 0 Å². The quantitative estimate of drug-likeness (QED) is 0.449. The number of methoxy groups -OCH3 is 1. The molecule has 1 unspecified atom stereocenters. The predicted octanol–water partition coefficient (Wildman–Crippen LogP) is 2.45. The number of ether oxygens (including phenoxy) is 2. The molecule has 1 aliphatic carbocycles. The van der Waals surface area contributed by atoms with Crippen LogP contribution in [0, 0.1) is 5.92 Å². The van der Waals surface area contributed by atoms with Crippen LogP contribution >= 0.6 is 11.6 Å². The van der Waals surface area contributed by atoms with Crippen LogP contribution in [0.4, 0.5) is 0 Å². The van der Waals surface area contributed by atoms with E-state index in [1.54, 1.807) is 7.11 Å². The number of alkyl halides is 1. The van der Waals surface area contributed by atoms with Crippen LogP contribution in [-0.2, 0) is 9.47 Å². The van der Waals surface area contributed by atoms with Gasteiger partial charge in [-0.15, -0.1) is 11.6 Å². The van der Waals surface area contributed by atoms with Gasteiger partial charge >= 0.3 is 0 Å². The molecule has 1 rings (SSSR count). The van der Waals surface area contributed by atoms with Crippen molar-refractivity contribution in [3.05, 3.63) is 0 Å². The van der Waals surface area contributed by atoms with Crippen molar-refractivity contribution in [2.24, 2.45) is 5.92 Å². The van der Waals surface area contributed by atoms with Crippen LogP contribution in [0.3, 0.4) is 0 Å². The Morgan fingerprint density at radius 2 is 2.08 bits per heavy atom. The highest BCUT2D eigenvalue weighted by molar-refractivity contribution is 6.20. The molecule has 1 fully saturated rings. The molecule has 0 radical (unpaired) electrons. The maximum Gasteiger partial charge on any atom is 0.0700 e. The molecule has 0 aliphatic heterocycles. The Balaban J connectivity index is 1.77. The summed E-state index contributed by atoms with van der Waals surface area (Å²) < 4.78 is 10.2. The van der Waals surface area contributed by atoms with Gasteiger partial charge in [0.25, 0.3) is 0 Å². The topological polar surface area (TPSA) is 18.5 Å². The first-order valence-corrected chi connectivity index (χ1v) is 5.49. The summed E-state index contributed by atoms with van der Waals surface area (Å²) in [5.41, 5.74) is 0. The van der Waals surface area contributed by atoms with E-state index in [0.29, 0.717) is 18.6 Å². The van der Waals surface area contributed by atoms with Crippen LogP contribution in [0.2, 0.25) is 0 Å². The highest BCUT2D eigenvalue weighted by atomic mass is 35.5. The second kappa shape index (κ2) is 6.63. The van der Waals surface area contributed by atoms with Gasteiger partial charge < -0.3 is 9.47 Å². The molecule has 0 bridgehead atoms. The SMILES string of the molecule is COCCOCCCC(Cl)C1CC1. The first kappa shape index (κ1) is 11.3. The maximum absolute atomic E-state index is 6.14. The number of hydrogen-bond acceptors (Lipinski definition) is 2. The zero-order chi connectivity index (χ0) is 9.52. The van der Waals surface area contributed by atoms with E-state index in [4.69, 9.17) is 21.1 Å². The van der Waals surface area contributed by atoms with E-state index in [0.717, 1.165) is 25.4 Å². The molecule has 0 spiro atoms. The Labute approximate surface area is 85.5 Å². The van der Waals surface area contributed by atoms with E-state index < -0.39 is 0 Å². The number of hydrogen-bond donors (Lipinski definition) is 0. The Morgan fingerprint density at radius 1 is 1.31 bits per heavy atom. The molecular formula is C10H19ClO2. The van der Waals surface area contributed by atoms with Gasteiger partial charge in [0.2, 0.25) is 0 Å². The van der Waals surface area contributed by atoms with Crippen molar-refractivity contribution in [2.75, 3.05) is 26.9 Å². The minimum atomic E-state index is 0.394. The standard InChI is InChI=1S/C10H19ClO2/c1-12-7-8-13-6-2-3-10(11)9-4-5-9/h9-10H,2-8H2,1H3. The van der Waals surface area contributed by atoms with Gasteiger partial charge in [-0.25, -0.2) is 0 Å². The minimum absolute atomic E-state index is 0.394. The lowest BCUT2D eigenvalue weighted by Crippen LogP contribution is -2.06. The van der Waals surface area contributed by atoms with Crippen molar-refractivity contribution in [3.8, 4) is 0 Å². The number of rotatable bonds is 8. The van der Waals surface area contributed by atoms with Gasteiger partial charge in [0.05, 0.1) is 13.2 Å². The van der Waals surface area contributed by atoms with Gasteiger partial charge in [-0.2, -0.15) is 0 Å². The van der Waals surface area contributed by atoms with E-state index in [2.05, 4.69) is 0 Å². The fourth-order valence-corrected chi connectivity index (χ4v) is 1.72. The summed E-state index contributed by atoms with van der Waals surface area (Å²) in [7, 11) is 1.69. The Kier molecular flexibility index (Phi) is 5.76. The highest BCUT2D eigenvalue weighted by Gasteiger charge is 2.28. The molecule has 78 valence electrons. The zero-order valence-electron chi connectivity index (χ0n) is 8.30. The molecule has 1 atom stereocenters. The summed E-state index contributed by atoms with van der Waals surface area (Å²) in [5, 5.41) is 0.394.